The minimum atomic E-state index is -3.97. The molecular formula is C16H12ClN3O3S2. The minimum Gasteiger partial charge on any atom is -0.266 e. The fourth-order valence-electron chi connectivity index (χ4n) is 2.01. The molecule has 1 amide bonds. The van der Waals surface area contributed by atoms with E-state index in [4.69, 9.17) is 11.6 Å². The van der Waals surface area contributed by atoms with E-state index >= 15 is 0 Å². The maximum Gasteiger partial charge on any atom is 0.284 e. The van der Waals surface area contributed by atoms with Gasteiger partial charge in [0.05, 0.1) is 5.01 Å². The van der Waals surface area contributed by atoms with Gasteiger partial charge in [0.2, 0.25) is 0 Å². The second kappa shape index (κ2) is 7.30. The molecule has 0 radical (unpaired) electrons. The van der Waals surface area contributed by atoms with Crippen LogP contribution in [0.2, 0.25) is 5.02 Å². The van der Waals surface area contributed by atoms with Crippen LogP contribution in [0, 0.1) is 0 Å². The number of halogens is 1. The van der Waals surface area contributed by atoms with E-state index in [0.29, 0.717) is 16.5 Å². The van der Waals surface area contributed by atoms with Gasteiger partial charge in [-0.3, -0.25) is 9.78 Å². The number of carbonyl (C=O) groups excluding carboxylic acids is 1. The summed E-state index contributed by atoms with van der Waals surface area (Å²) in [7, 11) is -3.97. The monoisotopic (exact) mass is 393 g/mol. The van der Waals surface area contributed by atoms with Crippen LogP contribution in [0.5, 0.6) is 0 Å². The normalized spacial score (nSPS) is 11.2. The number of nitrogens with zero attached hydrogens (tertiary/aromatic N) is 2. The Morgan fingerprint density at radius 3 is 2.64 bits per heavy atom. The molecule has 1 N–H and O–H groups in total. The summed E-state index contributed by atoms with van der Waals surface area (Å²) in [4.78, 5) is 20.0. The lowest BCUT2D eigenvalue weighted by atomic mass is 10.2. The molecule has 2 aromatic heterocycles. The first-order chi connectivity index (χ1) is 11.9. The highest BCUT2D eigenvalue weighted by Crippen LogP contribution is 2.17. The van der Waals surface area contributed by atoms with Gasteiger partial charge < -0.3 is 0 Å². The largest absolute Gasteiger partial charge is 0.284 e. The predicted molar refractivity (Wildman–Crippen MR) is 95.3 cm³/mol. The molecule has 3 rings (SSSR count). The van der Waals surface area contributed by atoms with Gasteiger partial charge in [-0.1, -0.05) is 23.7 Å². The number of amides is 1. The van der Waals surface area contributed by atoms with Crippen molar-refractivity contribution >= 4 is 38.9 Å². The first kappa shape index (κ1) is 17.5. The van der Waals surface area contributed by atoms with Crippen LogP contribution in [0.3, 0.4) is 0 Å². The Labute approximate surface area is 153 Å². The number of hydrogen-bond donors (Lipinski definition) is 1. The molecule has 0 unspecified atom stereocenters. The molecule has 0 saturated heterocycles. The molecule has 0 fully saturated rings. The summed E-state index contributed by atoms with van der Waals surface area (Å²) in [5.74, 6) is -0.776. The zero-order chi connectivity index (χ0) is 17.9. The molecule has 0 saturated carbocycles. The SMILES string of the molecule is O=C(NS(=O)(=O)c1cccnc1)c1csc(Cc2ccc(Cl)cc2)n1. The van der Waals surface area contributed by atoms with Crippen LogP contribution in [0.4, 0.5) is 0 Å². The van der Waals surface area contributed by atoms with E-state index in [1.165, 1.54) is 41.2 Å². The third kappa shape index (κ3) is 4.41. The second-order valence-electron chi connectivity index (χ2n) is 5.05. The topological polar surface area (TPSA) is 89.0 Å². The van der Waals surface area contributed by atoms with E-state index in [2.05, 4.69) is 9.97 Å². The molecule has 128 valence electrons. The second-order valence-corrected chi connectivity index (χ2v) is 8.11. The number of pyridine rings is 1. The third-order valence-electron chi connectivity index (χ3n) is 3.22. The molecule has 1 aromatic carbocycles. The molecule has 0 aliphatic rings. The van der Waals surface area contributed by atoms with Crippen LogP contribution in [0.15, 0.2) is 59.1 Å². The van der Waals surface area contributed by atoms with Gasteiger partial charge in [-0.15, -0.1) is 11.3 Å². The van der Waals surface area contributed by atoms with Gasteiger partial charge in [0.1, 0.15) is 10.6 Å². The van der Waals surface area contributed by atoms with Crippen LogP contribution >= 0.6 is 22.9 Å². The first-order valence-corrected chi connectivity index (χ1v) is 9.84. The van der Waals surface area contributed by atoms with Gasteiger partial charge in [-0.2, -0.15) is 0 Å². The lowest BCUT2D eigenvalue weighted by molar-refractivity contribution is 0.0977. The molecule has 3 aromatic rings. The molecule has 25 heavy (non-hydrogen) atoms. The quantitative estimate of drug-likeness (QED) is 0.719. The Hall–Kier alpha value is -2.29. The van der Waals surface area contributed by atoms with Crippen molar-refractivity contribution in [2.75, 3.05) is 0 Å². The molecule has 0 spiro atoms. The van der Waals surface area contributed by atoms with Crippen molar-refractivity contribution in [1.29, 1.82) is 0 Å². The Bertz CT molecular complexity index is 987. The highest BCUT2D eigenvalue weighted by Gasteiger charge is 2.20. The Morgan fingerprint density at radius 2 is 1.96 bits per heavy atom. The number of rotatable bonds is 5. The third-order valence-corrected chi connectivity index (χ3v) is 5.64. The minimum absolute atomic E-state index is 0.0569. The summed E-state index contributed by atoms with van der Waals surface area (Å²) in [6.45, 7) is 0. The van der Waals surface area contributed by atoms with Gasteiger partial charge in [-0.25, -0.2) is 18.1 Å². The van der Waals surface area contributed by atoms with Crippen LogP contribution < -0.4 is 4.72 Å². The smallest absolute Gasteiger partial charge is 0.266 e. The Morgan fingerprint density at radius 1 is 1.20 bits per heavy atom. The van der Waals surface area contributed by atoms with Gasteiger partial charge in [0, 0.05) is 29.2 Å². The van der Waals surface area contributed by atoms with Crippen molar-refractivity contribution < 1.29 is 13.2 Å². The van der Waals surface area contributed by atoms with Crippen molar-refractivity contribution in [3.8, 4) is 0 Å². The zero-order valence-electron chi connectivity index (χ0n) is 12.7. The molecule has 0 atom stereocenters. The van der Waals surface area contributed by atoms with Gasteiger partial charge >= 0.3 is 0 Å². The number of aromatic nitrogens is 2. The summed E-state index contributed by atoms with van der Waals surface area (Å²) in [6, 6.07) is 10.1. The molecule has 0 bridgehead atoms. The summed E-state index contributed by atoms with van der Waals surface area (Å²) in [5, 5.41) is 2.87. The average molecular weight is 394 g/mol. The number of thiazole rings is 1. The van der Waals surface area contributed by atoms with E-state index in [-0.39, 0.29) is 10.6 Å². The molecule has 0 aliphatic heterocycles. The maximum atomic E-state index is 12.2. The van der Waals surface area contributed by atoms with Gasteiger partial charge in [-0.05, 0) is 29.8 Å². The number of hydrogen-bond acceptors (Lipinski definition) is 6. The van der Waals surface area contributed by atoms with E-state index in [9.17, 15) is 13.2 Å². The number of carbonyl (C=O) groups is 1. The van der Waals surface area contributed by atoms with Gasteiger partial charge in [0.25, 0.3) is 15.9 Å². The van der Waals surface area contributed by atoms with Crippen LogP contribution in [0.1, 0.15) is 21.1 Å². The summed E-state index contributed by atoms with van der Waals surface area (Å²) >= 11 is 7.13. The van der Waals surface area contributed by atoms with Crippen molar-refractivity contribution in [2.24, 2.45) is 0 Å². The number of sulfonamides is 1. The van der Waals surface area contributed by atoms with Crippen LogP contribution in [-0.4, -0.2) is 24.3 Å². The standard InChI is InChI=1S/C16H12ClN3O3S2/c17-12-5-3-11(4-6-12)8-15-19-14(10-24-15)16(21)20-25(22,23)13-2-1-7-18-9-13/h1-7,9-10H,8H2,(H,20,21). The average Bonchev–Trinajstić information content (AvgIpc) is 3.06. The van der Waals surface area contributed by atoms with Crippen molar-refractivity contribution in [3.05, 3.63) is 75.5 Å². The van der Waals surface area contributed by atoms with Crippen molar-refractivity contribution in [3.63, 3.8) is 0 Å². The van der Waals surface area contributed by atoms with Crippen LogP contribution in [-0.2, 0) is 16.4 Å². The van der Waals surface area contributed by atoms with Crippen molar-refractivity contribution in [2.45, 2.75) is 11.3 Å². The fraction of sp³-hybridized carbons (Fsp3) is 0.0625. The molecule has 0 aliphatic carbocycles. The molecule has 9 heteroatoms. The maximum absolute atomic E-state index is 12.2. The van der Waals surface area contributed by atoms with E-state index < -0.39 is 15.9 Å². The highest BCUT2D eigenvalue weighted by atomic mass is 35.5. The van der Waals surface area contributed by atoms with Crippen molar-refractivity contribution in [1.82, 2.24) is 14.7 Å². The zero-order valence-corrected chi connectivity index (χ0v) is 15.1. The lowest BCUT2D eigenvalue weighted by Crippen LogP contribution is -2.30. The summed E-state index contributed by atoms with van der Waals surface area (Å²) in [6.07, 6.45) is 3.15. The lowest BCUT2D eigenvalue weighted by Gasteiger charge is -2.04. The Balaban J connectivity index is 1.71. The highest BCUT2D eigenvalue weighted by molar-refractivity contribution is 7.90. The number of benzene rings is 1. The van der Waals surface area contributed by atoms with Crippen LogP contribution in [0.25, 0.3) is 0 Å². The predicted octanol–water partition coefficient (Wildman–Crippen LogP) is 2.90. The molecular weight excluding hydrogens is 382 g/mol. The van der Waals surface area contributed by atoms with Gasteiger partial charge in [0.15, 0.2) is 0 Å². The Kier molecular flexibility index (Phi) is 5.12. The fourth-order valence-corrected chi connectivity index (χ4v) is 3.87. The summed E-state index contributed by atoms with van der Waals surface area (Å²) < 4.78 is 26.3. The molecule has 6 nitrogen and oxygen atoms in total. The van der Waals surface area contributed by atoms with E-state index in [0.717, 1.165) is 5.56 Å². The van der Waals surface area contributed by atoms with E-state index in [1.807, 2.05) is 16.9 Å². The number of nitrogens with one attached hydrogen (secondary N) is 1. The summed E-state index contributed by atoms with van der Waals surface area (Å²) in [5.41, 5.74) is 1.05. The first-order valence-electron chi connectivity index (χ1n) is 7.10. The van der Waals surface area contributed by atoms with E-state index in [1.54, 1.807) is 12.1 Å². The molecule has 2 heterocycles.